The average molecular weight is 274 g/mol. The van der Waals surface area contributed by atoms with Gasteiger partial charge >= 0.3 is 0 Å². The zero-order valence-electron chi connectivity index (χ0n) is 12.3. The van der Waals surface area contributed by atoms with Gasteiger partial charge in [0.1, 0.15) is 0 Å². The van der Waals surface area contributed by atoms with Crippen molar-refractivity contribution < 1.29 is 4.79 Å². The number of fused-ring (bicyclic) bond motifs is 1. The lowest BCUT2D eigenvalue weighted by molar-refractivity contribution is -0.158. The summed E-state index contributed by atoms with van der Waals surface area (Å²) in [6.45, 7) is 3.22. The third-order valence-corrected chi connectivity index (χ3v) is 7.20. The second kappa shape index (κ2) is 4.00. The lowest BCUT2D eigenvalue weighted by atomic mass is 9.49. The maximum Gasteiger partial charge on any atom is 0.229 e. The minimum atomic E-state index is 0.0756. The van der Waals surface area contributed by atoms with E-state index in [2.05, 4.69) is 10.2 Å². The third kappa shape index (κ3) is 1.53. The van der Waals surface area contributed by atoms with E-state index in [1.54, 1.807) is 0 Å². The lowest BCUT2D eigenvalue weighted by Gasteiger charge is -2.56. The maximum atomic E-state index is 13.3. The minimum Gasteiger partial charge on any atom is -0.338 e. The first-order valence-electron chi connectivity index (χ1n) is 8.75. The molecule has 2 saturated heterocycles. The highest BCUT2D eigenvalue weighted by Crippen LogP contribution is 2.60. The highest BCUT2D eigenvalue weighted by atomic mass is 16.2. The van der Waals surface area contributed by atoms with Gasteiger partial charge in [0.2, 0.25) is 5.91 Å². The summed E-state index contributed by atoms with van der Waals surface area (Å²) >= 11 is 0. The van der Waals surface area contributed by atoms with E-state index in [1.165, 1.54) is 44.9 Å². The molecule has 0 radical (unpaired) electrons. The van der Waals surface area contributed by atoms with Crippen molar-refractivity contribution in [2.24, 2.45) is 29.1 Å². The van der Waals surface area contributed by atoms with Crippen molar-refractivity contribution in [3.05, 3.63) is 0 Å². The van der Waals surface area contributed by atoms with Gasteiger partial charge in [0.05, 0.1) is 5.41 Å². The molecule has 1 N–H and O–H groups in total. The van der Waals surface area contributed by atoms with E-state index in [0.29, 0.717) is 11.9 Å². The number of rotatable bonds is 1. The summed E-state index contributed by atoms with van der Waals surface area (Å²) in [6, 6.07) is 0.524. The van der Waals surface area contributed by atoms with Crippen LogP contribution in [0.4, 0.5) is 0 Å². The molecule has 6 aliphatic rings. The summed E-state index contributed by atoms with van der Waals surface area (Å²) in [7, 11) is 0. The van der Waals surface area contributed by atoms with Gasteiger partial charge in [-0.2, -0.15) is 0 Å². The standard InChI is InChI=1S/C17H26N2O/c20-16(19-2-1-14-9-18-10-15(14)19)17-6-11-3-12(7-17)5-13(4-11)8-17/h11-15,18H,1-10H2/t11?,12?,13?,14-,15+,17?/m0/s1. The molecule has 0 aromatic rings. The van der Waals surface area contributed by atoms with Crippen LogP contribution in [0.3, 0.4) is 0 Å². The van der Waals surface area contributed by atoms with Gasteiger partial charge < -0.3 is 10.2 Å². The molecular formula is C17H26N2O. The normalized spacial score (nSPS) is 52.6. The van der Waals surface area contributed by atoms with E-state index < -0.39 is 0 Å². The Balaban J connectivity index is 1.43. The number of amides is 1. The van der Waals surface area contributed by atoms with Crippen LogP contribution >= 0.6 is 0 Å². The fourth-order valence-corrected chi connectivity index (χ4v) is 6.78. The van der Waals surface area contributed by atoms with Crippen LogP contribution < -0.4 is 5.32 Å². The summed E-state index contributed by atoms with van der Waals surface area (Å²) in [4.78, 5) is 15.6. The first kappa shape index (κ1) is 12.0. The molecular weight excluding hydrogens is 248 g/mol. The molecule has 0 spiro atoms. The fraction of sp³-hybridized carbons (Fsp3) is 0.941. The number of nitrogens with zero attached hydrogens (tertiary/aromatic N) is 1. The van der Waals surface area contributed by atoms with Gasteiger partial charge in [-0.15, -0.1) is 0 Å². The van der Waals surface area contributed by atoms with Crippen molar-refractivity contribution in [2.45, 2.75) is 51.0 Å². The molecule has 0 unspecified atom stereocenters. The largest absolute Gasteiger partial charge is 0.338 e. The monoisotopic (exact) mass is 274 g/mol. The van der Waals surface area contributed by atoms with Crippen LogP contribution in [0, 0.1) is 29.1 Å². The molecule has 3 nitrogen and oxygen atoms in total. The van der Waals surface area contributed by atoms with E-state index in [9.17, 15) is 4.79 Å². The van der Waals surface area contributed by atoms with Crippen LogP contribution in [-0.4, -0.2) is 36.5 Å². The van der Waals surface area contributed by atoms with Gasteiger partial charge in [-0.25, -0.2) is 0 Å². The summed E-state index contributed by atoms with van der Waals surface area (Å²) in [5.74, 6) is 3.95. The Bertz CT molecular complexity index is 411. The molecule has 4 aliphatic carbocycles. The molecule has 20 heavy (non-hydrogen) atoms. The number of hydrogen-bond donors (Lipinski definition) is 1. The molecule has 3 heteroatoms. The Morgan fingerprint density at radius 3 is 2.30 bits per heavy atom. The first-order chi connectivity index (χ1) is 9.73. The van der Waals surface area contributed by atoms with Gasteiger partial charge in [0.25, 0.3) is 0 Å². The molecule has 0 aromatic carbocycles. The van der Waals surface area contributed by atoms with Crippen LogP contribution in [0.1, 0.15) is 44.9 Å². The van der Waals surface area contributed by atoms with Crippen molar-refractivity contribution in [3.63, 3.8) is 0 Å². The summed E-state index contributed by atoms with van der Waals surface area (Å²) in [5.41, 5.74) is 0.0756. The molecule has 2 atom stereocenters. The Morgan fingerprint density at radius 1 is 1.00 bits per heavy atom. The predicted molar refractivity (Wildman–Crippen MR) is 77.1 cm³/mol. The number of carbonyl (C=O) groups excluding carboxylic acids is 1. The molecule has 0 aromatic heterocycles. The molecule has 4 bridgehead atoms. The Kier molecular flexibility index (Phi) is 2.40. The van der Waals surface area contributed by atoms with Crippen LogP contribution in [0.5, 0.6) is 0 Å². The number of hydrogen-bond acceptors (Lipinski definition) is 2. The first-order valence-corrected chi connectivity index (χ1v) is 8.75. The smallest absolute Gasteiger partial charge is 0.229 e. The zero-order valence-corrected chi connectivity index (χ0v) is 12.3. The van der Waals surface area contributed by atoms with Gasteiger partial charge in [0, 0.05) is 25.7 Å². The van der Waals surface area contributed by atoms with Crippen LogP contribution in [0.15, 0.2) is 0 Å². The molecule has 2 heterocycles. The number of carbonyl (C=O) groups is 1. The van der Waals surface area contributed by atoms with Crippen LogP contribution in [0.25, 0.3) is 0 Å². The highest BCUT2D eigenvalue weighted by Gasteiger charge is 2.57. The maximum absolute atomic E-state index is 13.3. The van der Waals surface area contributed by atoms with Gasteiger partial charge in [-0.3, -0.25) is 4.79 Å². The summed E-state index contributed by atoms with van der Waals surface area (Å²) in [5, 5.41) is 3.49. The van der Waals surface area contributed by atoms with Crippen LogP contribution in [-0.2, 0) is 4.79 Å². The predicted octanol–water partition coefficient (Wildman–Crippen LogP) is 2.02. The van der Waals surface area contributed by atoms with Crippen molar-refractivity contribution in [1.29, 1.82) is 0 Å². The van der Waals surface area contributed by atoms with E-state index in [-0.39, 0.29) is 5.41 Å². The quantitative estimate of drug-likeness (QED) is 0.793. The van der Waals surface area contributed by atoms with Crippen molar-refractivity contribution >= 4 is 5.91 Å². The molecule has 6 fully saturated rings. The van der Waals surface area contributed by atoms with E-state index in [1.807, 2.05) is 0 Å². The average Bonchev–Trinajstić information content (AvgIpc) is 2.98. The fourth-order valence-electron chi connectivity index (χ4n) is 6.78. The number of likely N-dealkylation sites (tertiary alicyclic amines) is 1. The topological polar surface area (TPSA) is 32.3 Å². The van der Waals surface area contributed by atoms with Crippen molar-refractivity contribution in [2.75, 3.05) is 19.6 Å². The molecule has 1 amide bonds. The van der Waals surface area contributed by atoms with Gasteiger partial charge in [-0.05, 0) is 68.6 Å². The van der Waals surface area contributed by atoms with Crippen molar-refractivity contribution in [1.82, 2.24) is 10.2 Å². The number of nitrogens with one attached hydrogen (secondary N) is 1. The molecule has 2 aliphatic heterocycles. The molecule has 6 rings (SSSR count). The zero-order chi connectivity index (χ0) is 13.3. The second-order valence-corrected chi connectivity index (χ2v) is 8.47. The van der Waals surface area contributed by atoms with E-state index in [4.69, 9.17) is 0 Å². The highest BCUT2D eigenvalue weighted by molar-refractivity contribution is 5.84. The summed E-state index contributed by atoms with van der Waals surface area (Å²) < 4.78 is 0. The van der Waals surface area contributed by atoms with Crippen molar-refractivity contribution in [3.8, 4) is 0 Å². The van der Waals surface area contributed by atoms with E-state index in [0.717, 1.165) is 43.3 Å². The Hall–Kier alpha value is -0.570. The van der Waals surface area contributed by atoms with E-state index >= 15 is 0 Å². The second-order valence-electron chi connectivity index (χ2n) is 8.47. The lowest BCUT2D eigenvalue weighted by Crippen LogP contribution is -2.56. The van der Waals surface area contributed by atoms with Crippen LogP contribution in [0.2, 0.25) is 0 Å². The van der Waals surface area contributed by atoms with Gasteiger partial charge in [0.15, 0.2) is 0 Å². The Morgan fingerprint density at radius 2 is 1.65 bits per heavy atom. The third-order valence-electron chi connectivity index (χ3n) is 7.20. The van der Waals surface area contributed by atoms with Gasteiger partial charge in [-0.1, -0.05) is 0 Å². The minimum absolute atomic E-state index is 0.0756. The molecule has 110 valence electrons. The molecule has 4 saturated carbocycles. The Labute approximate surface area is 121 Å². The SMILES string of the molecule is O=C(N1CC[C@H]2CNC[C@H]21)C12CC3CC(CC(C3)C1)C2. The summed E-state index contributed by atoms with van der Waals surface area (Å²) in [6.07, 6.45) is 9.19.